The van der Waals surface area contributed by atoms with Crippen molar-refractivity contribution in [3.8, 4) is 11.8 Å². The first-order valence-corrected chi connectivity index (χ1v) is 7.23. The molecular weight excluding hydrogens is 266 g/mol. The van der Waals surface area contributed by atoms with Gasteiger partial charge in [-0.25, -0.2) is 0 Å². The SMILES string of the molecule is COc1ccccc1C(C#N)C(=O)C1C(C)OC(C)C1C. The molecule has 0 aliphatic carbocycles. The fraction of sp³-hybridized carbons (Fsp3) is 0.529. The Hall–Kier alpha value is -1.86. The topological polar surface area (TPSA) is 59.3 Å². The van der Waals surface area contributed by atoms with Gasteiger partial charge in [0.05, 0.1) is 31.3 Å². The van der Waals surface area contributed by atoms with E-state index in [-0.39, 0.29) is 29.8 Å². The Morgan fingerprint density at radius 1 is 1.29 bits per heavy atom. The van der Waals surface area contributed by atoms with Crippen molar-refractivity contribution in [2.45, 2.75) is 38.9 Å². The number of carbonyl (C=O) groups excluding carboxylic acids is 1. The summed E-state index contributed by atoms with van der Waals surface area (Å²) in [4.78, 5) is 12.9. The van der Waals surface area contributed by atoms with Crippen LogP contribution in [-0.2, 0) is 9.53 Å². The number of hydrogen-bond acceptors (Lipinski definition) is 4. The molecule has 21 heavy (non-hydrogen) atoms. The minimum absolute atomic E-state index is 0.0333. The van der Waals surface area contributed by atoms with E-state index in [1.54, 1.807) is 19.2 Å². The second-order valence-corrected chi connectivity index (χ2v) is 5.64. The number of nitrogens with zero attached hydrogens (tertiary/aromatic N) is 1. The molecule has 1 heterocycles. The van der Waals surface area contributed by atoms with E-state index in [9.17, 15) is 10.1 Å². The number of ether oxygens (including phenoxy) is 2. The second-order valence-electron chi connectivity index (χ2n) is 5.64. The van der Waals surface area contributed by atoms with Crippen LogP contribution >= 0.6 is 0 Å². The van der Waals surface area contributed by atoms with E-state index in [0.29, 0.717) is 11.3 Å². The highest BCUT2D eigenvalue weighted by Gasteiger charge is 2.44. The fourth-order valence-corrected chi connectivity index (χ4v) is 3.14. The minimum atomic E-state index is -0.815. The summed E-state index contributed by atoms with van der Waals surface area (Å²) >= 11 is 0. The summed E-state index contributed by atoms with van der Waals surface area (Å²) in [5.74, 6) is -0.464. The maximum absolute atomic E-state index is 12.9. The first-order valence-electron chi connectivity index (χ1n) is 7.23. The van der Waals surface area contributed by atoms with Crippen LogP contribution in [0.2, 0.25) is 0 Å². The molecule has 112 valence electrons. The zero-order chi connectivity index (χ0) is 15.6. The first kappa shape index (κ1) is 15.5. The van der Waals surface area contributed by atoms with Crippen molar-refractivity contribution >= 4 is 5.78 Å². The van der Waals surface area contributed by atoms with Gasteiger partial charge in [-0.2, -0.15) is 5.26 Å². The zero-order valence-corrected chi connectivity index (χ0v) is 12.9. The van der Waals surface area contributed by atoms with E-state index in [4.69, 9.17) is 9.47 Å². The van der Waals surface area contributed by atoms with Gasteiger partial charge in [0, 0.05) is 5.56 Å². The number of carbonyl (C=O) groups is 1. The molecule has 1 aliphatic heterocycles. The lowest BCUT2D eigenvalue weighted by Crippen LogP contribution is -2.31. The summed E-state index contributed by atoms with van der Waals surface area (Å²) in [7, 11) is 1.55. The summed E-state index contributed by atoms with van der Waals surface area (Å²) < 4.78 is 11.0. The quantitative estimate of drug-likeness (QED) is 0.854. The first-order chi connectivity index (χ1) is 10.0. The van der Waals surface area contributed by atoms with Gasteiger partial charge in [-0.05, 0) is 25.8 Å². The van der Waals surface area contributed by atoms with Crippen LogP contribution in [0.15, 0.2) is 24.3 Å². The standard InChI is InChI=1S/C17H21NO3/c1-10-11(2)21-12(3)16(10)17(19)14(9-18)13-7-5-6-8-15(13)20-4/h5-8,10-12,14,16H,1-4H3. The Bertz CT molecular complexity index is 563. The molecule has 0 N–H and O–H groups in total. The van der Waals surface area contributed by atoms with Crippen molar-refractivity contribution in [1.29, 1.82) is 5.26 Å². The Morgan fingerprint density at radius 2 is 1.95 bits per heavy atom. The third-order valence-electron chi connectivity index (χ3n) is 4.43. The van der Waals surface area contributed by atoms with E-state index in [0.717, 1.165) is 0 Å². The lowest BCUT2D eigenvalue weighted by atomic mass is 9.79. The summed E-state index contributed by atoms with van der Waals surface area (Å²) in [6.45, 7) is 5.88. The van der Waals surface area contributed by atoms with Gasteiger partial charge < -0.3 is 9.47 Å². The molecule has 0 spiro atoms. The molecule has 0 radical (unpaired) electrons. The van der Waals surface area contributed by atoms with Crippen LogP contribution in [0.25, 0.3) is 0 Å². The van der Waals surface area contributed by atoms with E-state index in [2.05, 4.69) is 6.07 Å². The molecule has 1 aliphatic rings. The van der Waals surface area contributed by atoms with Crippen LogP contribution < -0.4 is 4.74 Å². The Kier molecular flexibility index (Phi) is 4.64. The summed E-state index contributed by atoms with van der Waals surface area (Å²) in [6.07, 6.45) is -0.126. The molecule has 2 rings (SSSR count). The normalized spacial score (nSPS) is 29.7. The molecule has 1 aromatic rings. The number of methoxy groups -OCH3 is 1. The predicted octanol–water partition coefficient (Wildman–Crippen LogP) is 2.93. The van der Waals surface area contributed by atoms with Gasteiger partial charge in [0.25, 0.3) is 0 Å². The fourth-order valence-electron chi connectivity index (χ4n) is 3.14. The van der Waals surface area contributed by atoms with Gasteiger partial charge in [-0.15, -0.1) is 0 Å². The van der Waals surface area contributed by atoms with Crippen LogP contribution in [0.3, 0.4) is 0 Å². The molecular formula is C17H21NO3. The van der Waals surface area contributed by atoms with Gasteiger partial charge in [-0.3, -0.25) is 4.79 Å². The zero-order valence-electron chi connectivity index (χ0n) is 12.9. The van der Waals surface area contributed by atoms with Crippen molar-refractivity contribution < 1.29 is 14.3 Å². The van der Waals surface area contributed by atoms with E-state index in [1.807, 2.05) is 32.9 Å². The number of nitriles is 1. The molecule has 1 fully saturated rings. The lowest BCUT2D eigenvalue weighted by molar-refractivity contribution is -0.125. The average Bonchev–Trinajstić information content (AvgIpc) is 2.73. The number of rotatable bonds is 4. The average molecular weight is 287 g/mol. The van der Waals surface area contributed by atoms with E-state index in [1.165, 1.54) is 0 Å². The molecule has 1 aromatic carbocycles. The molecule has 0 amide bonds. The second kappa shape index (κ2) is 6.28. The molecule has 0 saturated carbocycles. The number of para-hydroxylation sites is 1. The van der Waals surface area contributed by atoms with Crippen molar-refractivity contribution in [3.05, 3.63) is 29.8 Å². The van der Waals surface area contributed by atoms with Gasteiger partial charge in [0.15, 0.2) is 5.78 Å². The monoisotopic (exact) mass is 287 g/mol. The highest BCUT2D eigenvalue weighted by atomic mass is 16.5. The van der Waals surface area contributed by atoms with Crippen LogP contribution in [0.4, 0.5) is 0 Å². The molecule has 4 heteroatoms. The number of benzene rings is 1. The number of hydrogen-bond donors (Lipinski definition) is 0. The summed E-state index contributed by atoms with van der Waals surface area (Å²) in [5.41, 5.74) is 0.631. The molecule has 4 nitrogen and oxygen atoms in total. The lowest BCUT2D eigenvalue weighted by Gasteiger charge is -2.21. The highest BCUT2D eigenvalue weighted by molar-refractivity contribution is 5.92. The van der Waals surface area contributed by atoms with Crippen molar-refractivity contribution in [2.24, 2.45) is 11.8 Å². The Balaban J connectivity index is 2.34. The molecule has 0 aromatic heterocycles. The third-order valence-corrected chi connectivity index (χ3v) is 4.43. The van der Waals surface area contributed by atoms with E-state index < -0.39 is 5.92 Å². The molecule has 0 bridgehead atoms. The molecule has 5 unspecified atom stereocenters. The Morgan fingerprint density at radius 3 is 2.48 bits per heavy atom. The highest BCUT2D eigenvalue weighted by Crippen LogP contribution is 2.38. The van der Waals surface area contributed by atoms with Gasteiger partial charge >= 0.3 is 0 Å². The van der Waals surface area contributed by atoms with Crippen molar-refractivity contribution in [1.82, 2.24) is 0 Å². The van der Waals surface area contributed by atoms with Crippen molar-refractivity contribution in [3.63, 3.8) is 0 Å². The van der Waals surface area contributed by atoms with Gasteiger partial charge in [-0.1, -0.05) is 25.1 Å². The largest absolute Gasteiger partial charge is 0.496 e. The van der Waals surface area contributed by atoms with Crippen LogP contribution in [0.1, 0.15) is 32.3 Å². The summed E-state index contributed by atoms with van der Waals surface area (Å²) in [5, 5.41) is 9.50. The molecule has 1 saturated heterocycles. The van der Waals surface area contributed by atoms with Crippen LogP contribution in [-0.4, -0.2) is 25.1 Å². The molecule has 5 atom stereocenters. The summed E-state index contributed by atoms with van der Waals surface area (Å²) in [6, 6.07) is 9.33. The predicted molar refractivity (Wildman–Crippen MR) is 79.0 cm³/mol. The van der Waals surface area contributed by atoms with Crippen LogP contribution in [0, 0.1) is 23.2 Å². The maximum Gasteiger partial charge on any atom is 0.160 e. The number of ketones is 1. The minimum Gasteiger partial charge on any atom is -0.496 e. The van der Waals surface area contributed by atoms with Gasteiger partial charge in [0.1, 0.15) is 11.7 Å². The van der Waals surface area contributed by atoms with Crippen molar-refractivity contribution in [2.75, 3.05) is 7.11 Å². The third kappa shape index (κ3) is 2.79. The maximum atomic E-state index is 12.9. The van der Waals surface area contributed by atoms with Crippen LogP contribution in [0.5, 0.6) is 5.75 Å². The Labute approximate surface area is 125 Å². The van der Waals surface area contributed by atoms with Gasteiger partial charge in [0.2, 0.25) is 0 Å². The number of Topliss-reactive ketones (excluding diaryl/α,β-unsaturated/α-hetero) is 1. The van der Waals surface area contributed by atoms with E-state index >= 15 is 0 Å². The smallest absolute Gasteiger partial charge is 0.160 e.